The van der Waals surface area contributed by atoms with E-state index in [1.165, 1.54) is 38.1 Å². The Balaban J connectivity index is 1.36. The van der Waals surface area contributed by atoms with Crippen molar-refractivity contribution in [1.82, 2.24) is 24.9 Å². The van der Waals surface area contributed by atoms with Gasteiger partial charge in [0.05, 0.1) is 16.9 Å². The third-order valence-corrected chi connectivity index (χ3v) is 7.09. The first kappa shape index (κ1) is 34.3. The number of aromatic nitrogens is 4. The van der Waals surface area contributed by atoms with E-state index in [4.69, 9.17) is 0 Å². The average molecular weight is 696 g/mol. The van der Waals surface area contributed by atoms with Crippen LogP contribution in [0.25, 0.3) is 6.08 Å². The van der Waals surface area contributed by atoms with Gasteiger partial charge in [0.1, 0.15) is 5.70 Å². The molecule has 1 aliphatic rings. The van der Waals surface area contributed by atoms with E-state index in [0.717, 1.165) is 5.01 Å². The van der Waals surface area contributed by atoms with Gasteiger partial charge in [0, 0.05) is 36.9 Å². The van der Waals surface area contributed by atoms with Gasteiger partial charge in [0.2, 0.25) is 29.7 Å². The molecular weight excluding hydrogens is 666 g/mol. The third kappa shape index (κ3) is 8.32. The van der Waals surface area contributed by atoms with Gasteiger partial charge < -0.3 is 10.6 Å². The number of nitrogens with one attached hydrogen (secondary N) is 5. The average Bonchev–Trinajstić information content (AvgIpc) is 3.42. The van der Waals surface area contributed by atoms with E-state index in [0.29, 0.717) is 16.9 Å². The molecule has 0 fully saturated rings. The van der Waals surface area contributed by atoms with Gasteiger partial charge in [-0.05, 0) is 48.5 Å². The molecule has 0 aliphatic carbocycles. The summed E-state index contributed by atoms with van der Waals surface area (Å²) in [4.78, 5) is 85.7. The highest BCUT2D eigenvalue weighted by molar-refractivity contribution is 6.20. The summed E-state index contributed by atoms with van der Waals surface area (Å²) < 4.78 is 0. The lowest BCUT2D eigenvalue weighted by molar-refractivity contribution is -0.121. The maximum absolute atomic E-state index is 13.8. The molecular formula is C36H29N11O5. The summed E-state index contributed by atoms with van der Waals surface area (Å²) in [5.41, 5.74) is 4.89. The molecule has 5 aromatic rings. The number of hydrazine groups is 1. The summed E-state index contributed by atoms with van der Waals surface area (Å²) in [6.45, 7) is 2.65. The fraction of sp³-hybridized carbons (Fsp3) is 0.0556. The van der Waals surface area contributed by atoms with Crippen LogP contribution in [0.2, 0.25) is 0 Å². The zero-order chi connectivity index (χ0) is 36.6. The zero-order valence-electron chi connectivity index (χ0n) is 27.6. The first-order valence-corrected chi connectivity index (χ1v) is 15.6. The number of carbonyl (C=O) groups excluding carboxylic acids is 5. The van der Waals surface area contributed by atoms with Crippen molar-refractivity contribution in [3.05, 3.63) is 131 Å². The number of hydrogen-bond acceptors (Lipinski definition) is 11. The molecule has 0 spiro atoms. The van der Waals surface area contributed by atoms with Crippen LogP contribution in [0.15, 0.2) is 114 Å². The van der Waals surface area contributed by atoms with Crippen molar-refractivity contribution in [1.29, 1.82) is 0 Å². The van der Waals surface area contributed by atoms with Gasteiger partial charge in [-0.25, -0.2) is 4.99 Å². The minimum Gasteiger partial charge on any atom is -0.326 e. The number of carbonyl (C=O) groups is 5. The van der Waals surface area contributed by atoms with Crippen molar-refractivity contribution < 1.29 is 24.0 Å². The highest BCUT2D eigenvalue weighted by Crippen LogP contribution is 2.24. The number of amidine groups is 1. The van der Waals surface area contributed by atoms with Crippen molar-refractivity contribution in [2.45, 2.75) is 13.8 Å². The molecule has 3 heterocycles. The monoisotopic (exact) mass is 695 g/mol. The van der Waals surface area contributed by atoms with Gasteiger partial charge in [0.25, 0.3) is 17.7 Å². The van der Waals surface area contributed by atoms with E-state index in [-0.39, 0.29) is 58.0 Å². The largest absolute Gasteiger partial charge is 0.326 e. The number of nitrogens with zero attached hydrogens (tertiary/aromatic N) is 6. The number of aliphatic imine (C=N–C) groups is 1. The van der Waals surface area contributed by atoms with Crippen molar-refractivity contribution in [3.63, 3.8) is 0 Å². The number of benzene rings is 3. The van der Waals surface area contributed by atoms with E-state index in [1.54, 1.807) is 79.0 Å². The summed E-state index contributed by atoms with van der Waals surface area (Å²) in [5, 5.41) is 11.5. The molecule has 258 valence electrons. The van der Waals surface area contributed by atoms with Crippen LogP contribution in [0.3, 0.4) is 0 Å². The van der Waals surface area contributed by atoms with Crippen LogP contribution in [0.1, 0.15) is 45.8 Å². The van der Waals surface area contributed by atoms with Crippen LogP contribution in [-0.2, 0) is 14.4 Å². The Labute approximate surface area is 296 Å². The fourth-order valence-corrected chi connectivity index (χ4v) is 4.90. The number of anilines is 5. The van der Waals surface area contributed by atoms with Gasteiger partial charge in [-0.3, -0.25) is 45.0 Å². The van der Waals surface area contributed by atoms with Gasteiger partial charge in [-0.1, -0.05) is 54.6 Å². The zero-order valence-corrected chi connectivity index (χ0v) is 27.6. The van der Waals surface area contributed by atoms with Crippen LogP contribution in [0, 0.1) is 0 Å². The Morgan fingerprint density at radius 1 is 0.673 bits per heavy atom. The Bertz CT molecular complexity index is 2260. The molecule has 3 aromatic carbocycles. The lowest BCUT2D eigenvalue weighted by Crippen LogP contribution is -2.38. The minimum atomic E-state index is -0.689. The van der Waals surface area contributed by atoms with Gasteiger partial charge >= 0.3 is 0 Å². The summed E-state index contributed by atoms with van der Waals surface area (Å²) in [6, 6.07) is 26.6. The summed E-state index contributed by atoms with van der Waals surface area (Å²) >= 11 is 0. The first-order chi connectivity index (χ1) is 25.1. The molecule has 52 heavy (non-hydrogen) atoms. The van der Waals surface area contributed by atoms with E-state index < -0.39 is 17.7 Å². The van der Waals surface area contributed by atoms with Gasteiger partial charge in [0.15, 0.2) is 5.84 Å². The quantitative estimate of drug-likeness (QED) is 0.130. The summed E-state index contributed by atoms with van der Waals surface area (Å²) in [5.74, 6) is -3.26. The first-order valence-electron chi connectivity index (χ1n) is 15.6. The molecule has 5 amide bonds. The smallest absolute Gasteiger partial charge is 0.297 e. The Morgan fingerprint density at radius 3 is 2.06 bits per heavy atom. The predicted octanol–water partition coefficient (Wildman–Crippen LogP) is 4.35. The second-order valence-electron chi connectivity index (χ2n) is 11.0. The van der Waals surface area contributed by atoms with Crippen LogP contribution in [0.5, 0.6) is 0 Å². The van der Waals surface area contributed by atoms with Crippen molar-refractivity contribution in [3.8, 4) is 0 Å². The maximum atomic E-state index is 13.8. The molecule has 5 N–H and O–H groups in total. The number of rotatable bonds is 10. The maximum Gasteiger partial charge on any atom is 0.297 e. The third-order valence-electron chi connectivity index (χ3n) is 7.09. The van der Waals surface area contributed by atoms with E-state index in [1.807, 2.05) is 6.07 Å². The van der Waals surface area contributed by atoms with Crippen LogP contribution < -0.4 is 26.7 Å². The minimum absolute atomic E-state index is 0.0646. The van der Waals surface area contributed by atoms with Gasteiger partial charge in [-0.15, -0.1) is 0 Å². The number of amides is 5. The molecule has 0 atom stereocenters. The highest BCUT2D eigenvalue weighted by atomic mass is 16.2. The molecule has 16 nitrogen and oxygen atoms in total. The molecule has 1 aliphatic heterocycles. The van der Waals surface area contributed by atoms with Crippen LogP contribution >= 0.6 is 0 Å². The van der Waals surface area contributed by atoms with E-state index >= 15 is 0 Å². The molecule has 6 rings (SSSR count). The number of hydrogen-bond donors (Lipinski definition) is 5. The number of para-hydroxylation sites is 1. The van der Waals surface area contributed by atoms with E-state index in [9.17, 15) is 24.0 Å². The van der Waals surface area contributed by atoms with Crippen molar-refractivity contribution in [2.75, 3.05) is 26.7 Å². The SMILES string of the molecule is CC(=O)Nc1cccc(C(=O)Nc2nc(NC(=O)c3ccccc3NC(C)=O)nc(NN3C(=O)C(=Cc4ccccn4)N=C3c3ccccc3)n2)c1. The lowest BCUT2D eigenvalue weighted by Gasteiger charge is -2.20. The Kier molecular flexibility index (Phi) is 10.1. The topological polar surface area (TPSA) is 213 Å². The van der Waals surface area contributed by atoms with Crippen molar-refractivity contribution in [2.24, 2.45) is 4.99 Å². The van der Waals surface area contributed by atoms with Crippen molar-refractivity contribution >= 4 is 70.7 Å². The Morgan fingerprint density at radius 2 is 1.35 bits per heavy atom. The lowest BCUT2D eigenvalue weighted by atomic mass is 10.1. The normalized spacial score (nSPS) is 12.9. The van der Waals surface area contributed by atoms with Crippen LogP contribution in [-0.4, -0.2) is 60.3 Å². The Hall–Kier alpha value is -7.62. The van der Waals surface area contributed by atoms with E-state index in [2.05, 4.69) is 51.6 Å². The van der Waals surface area contributed by atoms with Gasteiger partial charge in [-0.2, -0.15) is 20.0 Å². The highest BCUT2D eigenvalue weighted by Gasteiger charge is 2.33. The molecule has 0 bridgehead atoms. The fourth-order valence-electron chi connectivity index (χ4n) is 4.90. The second kappa shape index (κ2) is 15.3. The van der Waals surface area contributed by atoms with Crippen LogP contribution in [0.4, 0.5) is 29.2 Å². The standard InChI is InChI=1S/C36H29N11O5/c1-21(48)38-26-15-10-13-24(19-26)31(50)41-34-43-35(42-32(51)27-16-6-7-17-28(27)39-22(2)49)45-36(44-34)46-47-30(23-11-4-3-5-12-23)40-29(33(47)52)20-25-14-8-9-18-37-25/h3-20H,1-2H3,(H,38,48)(H,39,49)(H3,41,42,43,44,45,46,50,51). The molecule has 16 heteroatoms. The molecule has 0 saturated heterocycles. The summed E-state index contributed by atoms with van der Waals surface area (Å²) in [6.07, 6.45) is 3.12. The molecule has 0 saturated carbocycles. The summed E-state index contributed by atoms with van der Waals surface area (Å²) in [7, 11) is 0. The molecule has 0 unspecified atom stereocenters. The number of pyridine rings is 1. The second-order valence-corrected chi connectivity index (χ2v) is 11.0. The molecule has 0 radical (unpaired) electrons. The molecule has 2 aromatic heterocycles. The predicted molar refractivity (Wildman–Crippen MR) is 193 cm³/mol.